The number of hydrogen-bond donors (Lipinski definition) is 1. The Morgan fingerprint density at radius 1 is 1.19 bits per heavy atom. The predicted molar refractivity (Wildman–Crippen MR) is 86.7 cm³/mol. The molecule has 0 aliphatic carbocycles. The van der Waals surface area contributed by atoms with E-state index >= 15 is 0 Å². The minimum Gasteiger partial charge on any atom is -0.377 e. The molecule has 21 heavy (non-hydrogen) atoms. The van der Waals surface area contributed by atoms with Crippen LogP contribution in [-0.2, 0) is 6.54 Å². The molecule has 1 saturated heterocycles. The van der Waals surface area contributed by atoms with Crippen LogP contribution < -0.4 is 10.2 Å². The number of nitrogens with zero attached hydrogens (tertiary/aromatic N) is 3. The Kier molecular flexibility index (Phi) is 5.44. The van der Waals surface area contributed by atoms with Crippen molar-refractivity contribution in [2.45, 2.75) is 13.5 Å². The fourth-order valence-electron chi connectivity index (χ4n) is 2.69. The first kappa shape index (κ1) is 15.6. The van der Waals surface area contributed by atoms with E-state index in [1.807, 2.05) is 11.8 Å². The van der Waals surface area contributed by atoms with Gasteiger partial charge in [0.15, 0.2) is 0 Å². The van der Waals surface area contributed by atoms with E-state index in [2.05, 4.69) is 53.5 Å². The van der Waals surface area contributed by atoms with Gasteiger partial charge in [0.1, 0.15) is 0 Å². The number of nitrogens with one attached hydrogen (secondary N) is 1. The lowest BCUT2D eigenvalue weighted by atomic mass is 10.1. The minimum absolute atomic E-state index is 0.0610. The van der Waals surface area contributed by atoms with Gasteiger partial charge < -0.3 is 15.1 Å². The smallest absolute Gasteiger partial charge is 0.317 e. The molecule has 1 fully saturated rings. The molecule has 1 aliphatic rings. The zero-order chi connectivity index (χ0) is 15.2. The summed E-state index contributed by atoms with van der Waals surface area (Å²) in [6.07, 6.45) is 0. The second kappa shape index (κ2) is 7.31. The molecule has 1 heterocycles. The maximum atomic E-state index is 11.8. The molecule has 5 heteroatoms. The number of carbonyl (C=O) groups is 1. The fraction of sp³-hybridized carbons (Fsp3) is 0.562. The predicted octanol–water partition coefficient (Wildman–Crippen LogP) is 1.60. The largest absolute Gasteiger partial charge is 0.377 e. The fourth-order valence-corrected chi connectivity index (χ4v) is 2.69. The summed E-state index contributed by atoms with van der Waals surface area (Å²) >= 11 is 0. The van der Waals surface area contributed by atoms with Gasteiger partial charge in [0.2, 0.25) is 0 Å². The van der Waals surface area contributed by atoms with Crippen molar-refractivity contribution in [2.75, 3.05) is 51.7 Å². The second-order valence-corrected chi connectivity index (χ2v) is 5.62. The highest BCUT2D eigenvalue weighted by Crippen LogP contribution is 2.20. The van der Waals surface area contributed by atoms with E-state index in [9.17, 15) is 4.79 Å². The van der Waals surface area contributed by atoms with Gasteiger partial charge in [-0.3, -0.25) is 4.90 Å². The first-order chi connectivity index (χ1) is 10.1. The number of amides is 2. The first-order valence-electron chi connectivity index (χ1n) is 7.62. The van der Waals surface area contributed by atoms with Crippen LogP contribution in [0.25, 0.3) is 0 Å². The number of carbonyl (C=O) groups excluding carboxylic acids is 1. The van der Waals surface area contributed by atoms with Crippen molar-refractivity contribution in [1.29, 1.82) is 0 Å². The van der Waals surface area contributed by atoms with Crippen molar-refractivity contribution < 1.29 is 4.79 Å². The van der Waals surface area contributed by atoms with E-state index in [0.717, 1.165) is 32.7 Å². The summed E-state index contributed by atoms with van der Waals surface area (Å²) in [7, 11) is 4.15. The van der Waals surface area contributed by atoms with Gasteiger partial charge in [0.25, 0.3) is 0 Å². The van der Waals surface area contributed by atoms with Crippen molar-refractivity contribution in [1.82, 2.24) is 15.1 Å². The molecule has 116 valence electrons. The van der Waals surface area contributed by atoms with Crippen molar-refractivity contribution in [3.05, 3.63) is 29.8 Å². The third-order valence-electron chi connectivity index (χ3n) is 3.85. The van der Waals surface area contributed by atoms with Crippen molar-refractivity contribution in [3.63, 3.8) is 0 Å². The molecular formula is C16H26N4O. The van der Waals surface area contributed by atoms with E-state index in [1.54, 1.807) is 0 Å². The molecule has 0 bridgehead atoms. The van der Waals surface area contributed by atoms with Crippen LogP contribution in [0.5, 0.6) is 0 Å². The van der Waals surface area contributed by atoms with Gasteiger partial charge in [-0.15, -0.1) is 0 Å². The zero-order valence-corrected chi connectivity index (χ0v) is 13.3. The Labute approximate surface area is 127 Å². The Morgan fingerprint density at radius 2 is 1.86 bits per heavy atom. The average molecular weight is 290 g/mol. The monoisotopic (exact) mass is 290 g/mol. The SMILES string of the molecule is CCNC(=O)N1CCN(Cc2ccccc2N(C)C)CC1. The number of piperazine rings is 1. The number of anilines is 1. The third-order valence-corrected chi connectivity index (χ3v) is 3.85. The van der Waals surface area contributed by atoms with Crippen LogP contribution in [-0.4, -0.2) is 62.7 Å². The zero-order valence-electron chi connectivity index (χ0n) is 13.3. The molecule has 0 aromatic heterocycles. The Hall–Kier alpha value is -1.75. The quantitative estimate of drug-likeness (QED) is 0.915. The van der Waals surface area contributed by atoms with E-state index in [4.69, 9.17) is 0 Å². The standard InChI is InChI=1S/C16H26N4O/c1-4-17-16(21)20-11-9-19(10-12-20)13-14-7-5-6-8-15(14)18(2)3/h5-8H,4,9-13H2,1-3H3,(H,17,21). The Bertz CT molecular complexity index is 467. The van der Waals surface area contributed by atoms with Crippen LogP contribution in [0.4, 0.5) is 10.5 Å². The molecule has 1 N–H and O–H groups in total. The molecular weight excluding hydrogens is 264 g/mol. The molecule has 2 rings (SSSR count). The average Bonchev–Trinajstić information content (AvgIpc) is 2.48. The minimum atomic E-state index is 0.0610. The van der Waals surface area contributed by atoms with E-state index in [0.29, 0.717) is 6.54 Å². The number of para-hydroxylation sites is 1. The van der Waals surface area contributed by atoms with Crippen molar-refractivity contribution >= 4 is 11.7 Å². The lowest BCUT2D eigenvalue weighted by Gasteiger charge is -2.35. The number of urea groups is 1. The van der Waals surface area contributed by atoms with Gasteiger partial charge in [-0.05, 0) is 18.6 Å². The lowest BCUT2D eigenvalue weighted by Crippen LogP contribution is -2.51. The van der Waals surface area contributed by atoms with Crippen LogP contribution in [0.2, 0.25) is 0 Å². The van der Waals surface area contributed by atoms with Crippen LogP contribution in [0.1, 0.15) is 12.5 Å². The van der Waals surface area contributed by atoms with Crippen LogP contribution in [0, 0.1) is 0 Å². The summed E-state index contributed by atoms with van der Waals surface area (Å²) in [5.74, 6) is 0. The molecule has 0 spiro atoms. The van der Waals surface area contributed by atoms with Gasteiger partial charge in [-0.2, -0.15) is 0 Å². The summed E-state index contributed by atoms with van der Waals surface area (Å²) in [6.45, 7) is 7.04. The molecule has 5 nitrogen and oxygen atoms in total. The molecule has 0 unspecified atom stereocenters. The summed E-state index contributed by atoms with van der Waals surface area (Å²) < 4.78 is 0. The molecule has 1 aromatic carbocycles. The highest BCUT2D eigenvalue weighted by atomic mass is 16.2. The maximum Gasteiger partial charge on any atom is 0.317 e. The second-order valence-electron chi connectivity index (χ2n) is 5.62. The maximum absolute atomic E-state index is 11.8. The summed E-state index contributed by atoms with van der Waals surface area (Å²) in [5, 5.41) is 2.87. The first-order valence-corrected chi connectivity index (χ1v) is 7.62. The van der Waals surface area contributed by atoms with Gasteiger partial charge in [-0.25, -0.2) is 4.79 Å². The third kappa shape index (κ3) is 4.11. The number of rotatable bonds is 4. The molecule has 2 amide bonds. The van der Waals surface area contributed by atoms with E-state index < -0.39 is 0 Å². The Morgan fingerprint density at radius 3 is 2.48 bits per heavy atom. The van der Waals surface area contributed by atoms with Gasteiger partial charge in [0.05, 0.1) is 0 Å². The van der Waals surface area contributed by atoms with Gasteiger partial charge in [-0.1, -0.05) is 18.2 Å². The molecule has 0 radical (unpaired) electrons. The Balaban J connectivity index is 1.91. The number of hydrogen-bond acceptors (Lipinski definition) is 3. The van der Waals surface area contributed by atoms with Crippen LogP contribution >= 0.6 is 0 Å². The summed E-state index contributed by atoms with van der Waals surface area (Å²) in [4.78, 5) is 18.3. The normalized spacial score (nSPS) is 15.9. The van der Waals surface area contributed by atoms with E-state index in [1.165, 1.54) is 11.3 Å². The molecule has 1 aliphatic heterocycles. The summed E-state index contributed by atoms with van der Waals surface area (Å²) in [6, 6.07) is 8.57. The molecule has 0 saturated carbocycles. The molecule has 1 aromatic rings. The highest BCUT2D eigenvalue weighted by Gasteiger charge is 2.21. The number of benzene rings is 1. The van der Waals surface area contributed by atoms with E-state index in [-0.39, 0.29) is 6.03 Å². The molecule has 0 atom stereocenters. The van der Waals surface area contributed by atoms with Gasteiger partial charge >= 0.3 is 6.03 Å². The summed E-state index contributed by atoms with van der Waals surface area (Å²) in [5.41, 5.74) is 2.61. The lowest BCUT2D eigenvalue weighted by molar-refractivity contribution is 0.135. The van der Waals surface area contributed by atoms with Crippen molar-refractivity contribution in [2.24, 2.45) is 0 Å². The van der Waals surface area contributed by atoms with Crippen LogP contribution in [0.15, 0.2) is 24.3 Å². The highest BCUT2D eigenvalue weighted by molar-refractivity contribution is 5.74. The van der Waals surface area contributed by atoms with Crippen molar-refractivity contribution in [3.8, 4) is 0 Å². The topological polar surface area (TPSA) is 38.8 Å². The van der Waals surface area contributed by atoms with Crippen LogP contribution in [0.3, 0.4) is 0 Å². The van der Waals surface area contributed by atoms with Gasteiger partial charge in [0, 0.05) is 59.1 Å².